The predicted octanol–water partition coefficient (Wildman–Crippen LogP) is 3.04. The van der Waals surface area contributed by atoms with E-state index in [4.69, 9.17) is 0 Å². The SMILES string of the molecule is CC1CC2CC3C2C(C1)C3N1CCN(C(=O)CC2(C)CC3CC4CC(n5cnnn5)(C2)C34)CC1. The van der Waals surface area contributed by atoms with E-state index in [1.54, 1.807) is 0 Å². The Kier molecular flexibility index (Phi) is 4.15. The fraction of sp³-hybridized carbons (Fsp3) is 0.926. The molecular formula is C27H40N6O. The second-order valence-electron chi connectivity index (χ2n) is 14.1. The van der Waals surface area contributed by atoms with Crippen LogP contribution in [0.1, 0.15) is 65.2 Å². The molecule has 1 aromatic heterocycles. The lowest BCUT2D eigenvalue weighted by Crippen LogP contribution is -2.71. The Bertz CT molecular complexity index is 989. The van der Waals surface area contributed by atoms with Crippen LogP contribution in [0.15, 0.2) is 6.33 Å². The van der Waals surface area contributed by atoms with Crippen LogP contribution < -0.4 is 0 Å². The molecule has 8 rings (SSSR count). The van der Waals surface area contributed by atoms with Crippen LogP contribution in [0, 0.1) is 52.8 Å². The minimum atomic E-state index is 0.0626. The van der Waals surface area contributed by atoms with Gasteiger partial charge in [-0.3, -0.25) is 9.69 Å². The van der Waals surface area contributed by atoms with Crippen LogP contribution in [-0.4, -0.2) is 68.1 Å². The van der Waals surface area contributed by atoms with E-state index in [2.05, 4.69) is 43.9 Å². The lowest BCUT2D eigenvalue weighted by Gasteiger charge is -2.71. The molecule has 0 spiro atoms. The van der Waals surface area contributed by atoms with Crippen molar-refractivity contribution < 1.29 is 4.79 Å². The zero-order valence-electron chi connectivity index (χ0n) is 20.9. The smallest absolute Gasteiger partial charge is 0.223 e. The van der Waals surface area contributed by atoms with E-state index in [0.29, 0.717) is 12.3 Å². The monoisotopic (exact) mass is 464 g/mol. The van der Waals surface area contributed by atoms with Crippen LogP contribution in [0.3, 0.4) is 0 Å². The zero-order valence-corrected chi connectivity index (χ0v) is 20.9. The van der Waals surface area contributed by atoms with E-state index in [1.807, 2.05) is 6.33 Å². The number of hydrogen-bond donors (Lipinski definition) is 0. The van der Waals surface area contributed by atoms with E-state index in [-0.39, 0.29) is 11.0 Å². The van der Waals surface area contributed by atoms with Crippen molar-refractivity contribution in [1.82, 2.24) is 30.0 Å². The van der Waals surface area contributed by atoms with Crippen LogP contribution in [0.25, 0.3) is 0 Å². The van der Waals surface area contributed by atoms with Gasteiger partial charge >= 0.3 is 0 Å². The molecule has 184 valence electrons. The van der Waals surface area contributed by atoms with Gasteiger partial charge in [-0.05, 0) is 108 Å². The van der Waals surface area contributed by atoms with Gasteiger partial charge in [-0.1, -0.05) is 13.8 Å². The van der Waals surface area contributed by atoms with Crippen molar-refractivity contribution in [1.29, 1.82) is 0 Å². The highest BCUT2D eigenvalue weighted by Crippen LogP contribution is 2.72. The number of rotatable bonds is 4. The van der Waals surface area contributed by atoms with Crippen molar-refractivity contribution in [3.8, 4) is 0 Å². The third-order valence-corrected chi connectivity index (χ3v) is 12.2. The van der Waals surface area contributed by atoms with Gasteiger partial charge in [0.25, 0.3) is 0 Å². The number of carbonyl (C=O) groups excluding carboxylic acids is 1. The molecule has 1 amide bonds. The summed E-state index contributed by atoms with van der Waals surface area (Å²) in [5, 5.41) is 12.3. The van der Waals surface area contributed by atoms with Crippen molar-refractivity contribution in [2.75, 3.05) is 26.2 Å². The third kappa shape index (κ3) is 2.63. The fourth-order valence-electron chi connectivity index (χ4n) is 11.2. The molecule has 7 heteroatoms. The first-order chi connectivity index (χ1) is 16.4. The van der Waals surface area contributed by atoms with Crippen LogP contribution in [0.5, 0.6) is 0 Å². The van der Waals surface area contributed by atoms with Crippen molar-refractivity contribution in [3.05, 3.63) is 6.33 Å². The minimum Gasteiger partial charge on any atom is -0.340 e. The largest absolute Gasteiger partial charge is 0.340 e. The minimum absolute atomic E-state index is 0.0626. The summed E-state index contributed by atoms with van der Waals surface area (Å²) in [6.07, 6.45) is 11.7. The third-order valence-electron chi connectivity index (χ3n) is 12.2. The lowest BCUT2D eigenvalue weighted by molar-refractivity contribution is -0.220. The topological polar surface area (TPSA) is 67.2 Å². The Morgan fingerprint density at radius 2 is 1.79 bits per heavy atom. The summed E-state index contributed by atoms with van der Waals surface area (Å²) in [5.41, 5.74) is 0.134. The van der Waals surface area contributed by atoms with E-state index in [1.165, 1.54) is 38.5 Å². The number of carbonyl (C=O) groups is 1. The molecule has 6 aliphatic carbocycles. The molecule has 2 heterocycles. The van der Waals surface area contributed by atoms with Gasteiger partial charge in [-0.2, -0.15) is 0 Å². The number of hydrogen-bond acceptors (Lipinski definition) is 5. The van der Waals surface area contributed by atoms with Crippen molar-refractivity contribution in [2.24, 2.45) is 52.8 Å². The molecule has 1 saturated heterocycles. The van der Waals surface area contributed by atoms with Gasteiger partial charge in [0.05, 0.1) is 5.54 Å². The van der Waals surface area contributed by atoms with Crippen molar-refractivity contribution in [3.63, 3.8) is 0 Å². The molecule has 7 fully saturated rings. The lowest BCUT2D eigenvalue weighted by atomic mass is 9.36. The Morgan fingerprint density at radius 3 is 2.56 bits per heavy atom. The van der Waals surface area contributed by atoms with Gasteiger partial charge in [-0.15, -0.1) is 5.10 Å². The second kappa shape index (κ2) is 6.83. The van der Waals surface area contributed by atoms with Crippen molar-refractivity contribution in [2.45, 2.75) is 76.8 Å². The molecule has 34 heavy (non-hydrogen) atoms. The van der Waals surface area contributed by atoms with E-state index < -0.39 is 0 Å². The Hall–Kier alpha value is -1.50. The Labute approximate surface area is 203 Å². The Balaban J connectivity index is 0.916. The summed E-state index contributed by atoms with van der Waals surface area (Å²) in [7, 11) is 0. The maximum atomic E-state index is 13.6. The zero-order chi connectivity index (χ0) is 22.8. The molecule has 0 radical (unpaired) electrons. The summed E-state index contributed by atoms with van der Waals surface area (Å²) in [6.45, 7) is 8.89. The number of aromatic nitrogens is 4. The van der Waals surface area contributed by atoms with Crippen LogP contribution in [-0.2, 0) is 10.3 Å². The molecule has 11 unspecified atom stereocenters. The fourth-order valence-corrected chi connectivity index (χ4v) is 11.2. The molecule has 1 aliphatic heterocycles. The second-order valence-corrected chi connectivity index (χ2v) is 14.1. The molecule has 7 nitrogen and oxygen atoms in total. The van der Waals surface area contributed by atoms with Gasteiger partial charge in [0, 0.05) is 38.6 Å². The van der Waals surface area contributed by atoms with E-state index in [9.17, 15) is 4.79 Å². The summed E-state index contributed by atoms with van der Waals surface area (Å²) < 4.78 is 2.06. The molecule has 1 aromatic rings. The first kappa shape index (κ1) is 20.7. The number of nitrogens with zero attached hydrogens (tertiary/aromatic N) is 6. The average Bonchev–Trinajstić information content (AvgIpc) is 3.29. The number of amides is 1. The summed E-state index contributed by atoms with van der Waals surface area (Å²) >= 11 is 0. The normalized spacial score (nSPS) is 52.9. The quantitative estimate of drug-likeness (QED) is 0.685. The molecule has 6 saturated carbocycles. The van der Waals surface area contributed by atoms with Crippen molar-refractivity contribution >= 4 is 5.91 Å². The van der Waals surface area contributed by atoms with E-state index in [0.717, 1.165) is 86.0 Å². The predicted molar refractivity (Wildman–Crippen MR) is 126 cm³/mol. The molecule has 0 aromatic carbocycles. The molecular weight excluding hydrogens is 424 g/mol. The van der Waals surface area contributed by atoms with Crippen LogP contribution in [0.4, 0.5) is 0 Å². The highest BCUT2D eigenvalue weighted by atomic mass is 16.2. The first-order valence-electron chi connectivity index (χ1n) is 14.2. The standard InChI is InChI=1S/C27H40N6O/c1-16-7-17-10-21-23(17)20(8-16)25(21)32-5-3-31(4-6-32)22(34)13-26(2)11-18-9-19-12-27(14-26,24(18)19)33-15-28-29-30-33/h15-21,23-25H,3-14H2,1-2H3. The summed E-state index contributed by atoms with van der Waals surface area (Å²) in [5.74, 6) is 7.72. The highest BCUT2D eigenvalue weighted by Gasteiger charge is 2.69. The summed E-state index contributed by atoms with van der Waals surface area (Å²) in [6, 6.07) is 0.829. The highest BCUT2D eigenvalue weighted by molar-refractivity contribution is 5.77. The van der Waals surface area contributed by atoms with Gasteiger partial charge in [0.1, 0.15) is 6.33 Å². The molecule has 11 atom stereocenters. The Morgan fingerprint density at radius 1 is 1.00 bits per heavy atom. The van der Waals surface area contributed by atoms with Crippen LogP contribution in [0.2, 0.25) is 0 Å². The summed E-state index contributed by atoms with van der Waals surface area (Å²) in [4.78, 5) is 18.5. The maximum Gasteiger partial charge on any atom is 0.223 e. The van der Waals surface area contributed by atoms with Gasteiger partial charge in [-0.25, -0.2) is 4.68 Å². The number of piperazine rings is 1. The van der Waals surface area contributed by atoms with Crippen LogP contribution >= 0.6 is 0 Å². The maximum absolute atomic E-state index is 13.6. The van der Waals surface area contributed by atoms with Gasteiger partial charge in [0.15, 0.2) is 0 Å². The average molecular weight is 465 g/mol. The number of tetrazole rings is 1. The first-order valence-corrected chi connectivity index (χ1v) is 14.2. The molecule has 0 bridgehead atoms. The van der Waals surface area contributed by atoms with E-state index >= 15 is 0 Å². The molecule has 7 aliphatic rings. The van der Waals surface area contributed by atoms with Gasteiger partial charge < -0.3 is 4.90 Å². The molecule has 0 N–H and O–H groups in total. The van der Waals surface area contributed by atoms with Gasteiger partial charge in [0.2, 0.25) is 5.91 Å².